The Morgan fingerprint density at radius 2 is 2.14 bits per heavy atom. The summed E-state index contributed by atoms with van der Waals surface area (Å²) in [5, 5.41) is 8.26. The first-order valence-electron chi connectivity index (χ1n) is 7.71. The Hall–Kier alpha value is -1.26. The van der Waals surface area contributed by atoms with Crippen LogP contribution in [0, 0.1) is 0 Å². The molecule has 1 aliphatic rings. The summed E-state index contributed by atoms with van der Waals surface area (Å²) in [5.74, 6) is 1.26. The zero-order chi connectivity index (χ0) is 14.7. The van der Waals surface area contributed by atoms with Crippen LogP contribution in [0.15, 0.2) is 42.6 Å². The van der Waals surface area contributed by atoms with Crippen molar-refractivity contribution >= 4 is 11.8 Å². The molecule has 1 aromatic heterocycles. The molecule has 1 aromatic carbocycles. The van der Waals surface area contributed by atoms with Crippen LogP contribution in [0.1, 0.15) is 38.4 Å². The number of nitrogens with one attached hydrogen (secondary N) is 1. The van der Waals surface area contributed by atoms with E-state index < -0.39 is 0 Å². The number of rotatable bonds is 5. The maximum absolute atomic E-state index is 4.56. The normalized spacial score (nSPS) is 23.3. The molecule has 3 rings (SSSR count). The lowest BCUT2D eigenvalue weighted by Crippen LogP contribution is -2.38. The van der Waals surface area contributed by atoms with Gasteiger partial charge in [-0.3, -0.25) is 0 Å². The van der Waals surface area contributed by atoms with Crippen molar-refractivity contribution in [3.8, 4) is 5.69 Å². The van der Waals surface area contributed by atoms with Crippen LogP contribution in [0.5, 0.6) is 0 Å². The summed E-state index contributed by atoms with van der Waals surface area (Å²) in [5.41, 5.74) is 2.40. The third kappa shape index (κ3) is 2.87. The molecule has 0 spiro atoms. The summed E-state index contributed by atoms with van der Waals surface area (Å²) >= 11 is 2.09. The Morgan fingerprint density at radius 3 is 2.81 bits per heavy atom. The van der Waals surface area contributed by atoms with Crippen molar-refractivity contribution in [1.29, 1.82) is 0 Å². The number of hydrogen-bond donors (Lipinski definition) is 1. The summed E-state index contributed by atoms with van der Waals surface area (Å²) in [7, 11) is 0. The molecule has 0 saturated carbocycles. The molecule has 2 unspecified atom stereocenters. The van der Waals surface area contributed by atoms with Gasteiger partial charge in [-0.05, 0) is 50.3 Å². The van der Waals surface area contributed by atoms with E-state index in [9.17, 15) is 0 Å². The highest BCUT2D eigenvalue weighted by Gasteiger charge is 2.39. The van der Waals surface area contributed by atoms with Crippen molar-refractivity contribution in [2.75, 3.05) is 12.3 Å². The lowest BCUT2D eigenvalue weighted by Gasteiger charge is -2.34. The summed E-state index contributed by atoms with van der Waals surface area (Å²) in [6.07, 6.45) is 4.48. The molecule has 1 N–H and O–H groups in total. The van der Waals surface area contributed by atoms with Crippen LogP contribution < -0.4 is 5.32 Å². The Morgan fingerprint density at radius 1 is 1.33 bits per heavy atom. The van der Waals surface area contributed by atoms with Crippen LogP contribution in [-0.2, 0) is 0 Å². The fourth-order valence-corrected chi connectivity index (χ4v) is 4.60. The topological polar surface area (TPSA) is 29.9 Å². The molecule has 3 nitrogen and oxygen atoms in total. The summed E-state index contributed by atoms with van der Waals surface area (Å²) < 4.78 is 2.33. The molecule has 21 heavy (non-hydrogen) atoms. The van der Waals surface area contributed by atoms with E-state index in [1.165, 1.54) is 24.3 Å². The minimum atomic E-state index is 0.253. The molecular formula is C17H23N3S. The molecular weight excluding hydrogens is 278 g/mol. The summed E-state index contributed by atoms with van der Waals surface area (Å²) in [6.45, 7) is 5.54. The molecule has 0 amide bonds. The minimum Gasteiger partial charge on any atom is -0.308 e. The van der Waals surface area contributed by atoms with Crippen molar-refractivity contribution in [2.45, 2.75) is 37.5 Å². The third-order valence-corrected chi connectivity index (χ3v) is 5.83. The van der Waals surface area contributed by atoms with E-state index in [1.807, 2.05) is 12.3 Å². The fraction of sp³-hybridized carbons (Fsp3) is 0.471. The van der Waals surface area contributed by atoms with Gasteiger partial charge >= 0.3 is 0 Å². The average molecular weight is 301 g/mol. The number of hydrogen-bond acceptors (Lipinski definition) is 3. The molecule has 1 saturated heterocycles. The maximum atomic E-state index is 4.56. The highest BCUT2D eigenvalue weighted by molar-refractivity contribution is 8.00. The van der Waals surface area contributed by atoms with Crippen LogP contribution >= 0.6 is 11.8 Å². The molecule has 112 valence electrons. The monoisotopic (exact) mass is 301 g/mol. The number of para-hydroxylation sites is 1. The lowest BCUT2D eigenvalue weighted by atomic mass is 9.93. The predicted molar refractivity (Wildman–Crippen MR) is 90.1 cm³/mol. The molecule has 2 atom stereocenters. The second-order valence-electron chi connectivity index (χ2n) is 5.76. The van der Waals surface area contributed by atoms with Gasteiger partial charge in [-0.25, -0.2) is 4.68 Å². The standard InChI is InChI=1S/C17H23N3S/c1-3-18-16(17(2)11-7-13-21-17)15-10-12-19-20(15)14-8-5-4-6-9-14/h4-6,8-10,12,16,18H,3,7,11,13H2,1-2H3. The van der Waals surface area contributed by atoms with Gasteiger partial charge in [0.15, 0.2) is 0 Å². The SMILES string of the molecule is CCNC(c1ccnn1-c1ccccc1)C1(C)CCCS1. The van der Waals surface area contributed by atoms with Gasteiger partial charge in [-0.2, -0.15) is 16.9 Å². The average Bonchev–Trinajstić information content (AvgIpc) is 3.15. The lowest BCUT2D eigenvalue weighted by molar-refractivity contribution is 0.406. The van der Waals surface area contributed by atoms with E-state index in [0.29, 0.717) is 6.04 Å². The Bertz CT molecular complexity index is 573. The van der Waals surface area contributed by atoms with E-state index in [2.05, 4.69) is 71.0 Å². The van der Waals surface area contributed by atoms with Crippen LogP contribution in [0.3, 0.4) is 0 Å². The second-order valence-corrected chi connectivity index (χ2v) is 7.39. The number of thioether (sulfide) groups is 1. The molecule has 0 bridgehead atoms. The minimum absolute atomic E-state index is 0.253. The van der Waals surface area contributed by atoms with Gasteiger partial charge in [0.25, 0.3) is 0 Å². The van der Waals surface area contributed by atoms with Crippen LogP contribution in [-0.4, -0.2) is 26.8 Å². The Kier molecular flexibility index (Phi) is 4.36. The third-order valence-electron chi connectivity index (χ3n) is 4.24. The highest BCUT2D eigenvalue weighted by atomic mass is 32.2. The zero-order valence-corrected chi connectivity index (χ0v) is 13.6. The van der Waals surface area contributed by atoms with E-state index in [1.54, 1.807) is 0 Å². The molecule has 1 aliphatic heterocycles. The Balaban J connectivity index is 1.99. The van der Waals surface area contributed by atoms with Crippen molar-refractivity contribution in [1.82, 2.24) is 15.1 Å². The molecule has 1 fully saturated rings. The van der Waals surface area contributed by atoms with Crippen molar-refractivity contribution < 1.29 is 0 Å². The van der Waals surface area contributed by atoms with Crippen LogP contribution in [0.4, 0.5) is 0 Å². The first-order valence-corrected chi connectivity index (χ1v) is 8.70. The molecule has 2 aromatic rings. The quantitative estimate of drug-likeness (QED) is 0.911. The molecule has 4 heteroatoms. The number of benzene rings is 1. The predicted octanol–water partition coefficient (Wildman–Crippen LogP) is 3.81. The van der Waals surface area contributed by atoms with E-state index in [4.69, 9.17) is 0 Å². The summed E-state index contributed by atoms with van der Waals surface area (Å²) in [4.78, 5) is 0. The van der Waals surface area contributed by atoms with Crippen LogP contribution in [0.25, 0.3) is 5.69 Å². The maximum Gasteiger partial charge on any atom is 0.0649 e. The van der Waals surface area contributed by atoms with Crippen LogP contribution in [0.2, 0.25) is 0 Å². The fourth-order valence-electron chi connectivity index (χ4n) is 3.18. The van der Waals surface area contributed by atoms with E-state index >= 15 is 0 Å². The van der Waals surface area contributed by atoms with Gasteiger partial charge < -0.3 is 5.32 Å². The molecule has 0 radical (unpaired) electrons. The van der Waals surface area contributed by atoms with Gasteiger partial charge in [0.05, 0.1) is 17.4 Å². The number of aromatic nitrogens is 2. The molecule has 0 aliphatic carbocycles. The van der Waals surface area contributed by atoms with Crippen molar-refractivity contribution in [3.05, 3.63) is 48.3 Å². The van der Waals surface area contributed by atoms with Gasteiger partial charge in [0.2, 0.25) is 0 Å². The zero-order valence-electron chi connectivity index (χ0n) is 12.7. The smallest absolute Gasteiger partial charge is 0.0649 e. The number of nitrogens with zero attached hydrogens (tertiary/aromatic N) is 2. The Labute approximate surface area is 131 Å². The second kappa shape index (κ2) is 6.24. The largest absolute Gasteiger partial charge is 0.308 e. The van der Waals surface area contributed by atoms with E-state index in [0.717, 1.165) is 12.2 Å². The van der Waals surface area contributed by atoms with Gasteiger partial charge in [0.1, 0.15) is 0 Å². The van der Waals surface area contributed by atoms with Gasteiger partial charge in [-0.15, -0.1) is 0 Å². The van der Waals surface area contributed by atoms with Gasteiger partial charge in [-0.1, -0.05) is 25.1 Å². The first-order chi connectivity index (χ1) is 10.2. The van der Waals surface area contributed by atoms with Gasteiger partial charge in [0, 0.05) is 10.9 Å². The molecule has 2 heterocycles. The summed E-state index contributed by atoms with van der Waals surface area (Å²) in [6, 6.07) is 12.9. The highest BCUT2D eigenvalue weighted by Crippen LogP contribution is 2.46. The van der Waals surface area contributed by atoms with Crippen molar-refractivity contribution in [3.63, 3.8) is 0 Å². The van der Waals surface area contributed by atoms with Crippen molar-refractivity contribution in [2.24, 2.45) is 0 Å². The first kappa shape index (κ1) is 14.7. The van der Waals surface area contributed by atoms with E-state index in [-0.39, 0.29) is 4.75 Å².